The molecule has 0 saturated carbocycles. The molecule has 4 heteroatoms. The maximum Gasteiger partial charge on any atom is 1.00 e. The molecule has 0 atom stereocenters. The number of hydrogen-bond donors (Lipinski definition) is 0. The number of carboxylic acid groups (broad SMARTS) is 1. The molecule has 0 aromatic heterocycles. The van der Waals surface area contributed by atoms with E-state index in [1.165, 1.54) is 0 Å². The molecule has 0 unspecified atom stereocenters. The van der Waals surface area contributed by atoms with Gasteiger partial charge in [0, 0.05) is 6.61 Å². The first-order valence-corrected chi connectivity index (χ1v) is 2.11. The maximum absolute atomic E-state index is 9.42. The fourth-order valence-electron chi connectivity index (χ4n) is 0.185. The van der Waals surface area contributed by atoms with Crippen LogP contribution in [0.2, 0.25) is 0 Å². The van der Waals surface area contributed by atoms with Crippen molar-refractivity contribution in [3.8, 4) is 0 Å². The molecule has 0 amide bonds. The Labute approximate surface area is 90.8 Å². The van der Waals surface area contributed by atoms with Gasteiger partial charge < -0.3 is 14.6 Å². The Bertz CT molecular complexity index is 64.3. The molecule has 0 aliphatic rings. The van der Waals surface area contributed by atoms with E-state index in [2.05, 4.69) is 4.74 Å². The molecule has 3 nitrogen and oxygen atoms in total. The second-order valence-electron chi connectivity index (χ2n) is 1.10. The fourth-order valence-corrected chi connectivity index (χ4v) is 0.185. The SMILES string of the molecule is CCCOC(=O)[O-].[K+]. The second kappa shape index (κ2) is 7.91. The van der Waals surface area contributed by atoms with Gasteiger partial charge in [0.15, 0.2) is 0 Å². The molecule has 0 saturated heterocycles. The molecule has 0 heterocycles. The van der Waals surface area contributed by atoms with E-state index in [0.717, 1.165) is 0 Å². The van der Waals surface area contributed by atoms with Crippen LogP contribution in [0.15, 0.2) is 0 Å². The van der Waals surface area contributed by atoms with Crippen LogP contribution < -0.4 is 56.5 Å². The summed E-state index contributed by atoms with van der Waals surface area (Å²) in [7, 11) is 0. The smallest absolute Gasteiger partial charge is 0.550 e. The molecule has 0 rings (SSSR count). The topological polar surface area (TPSA) is 49.4 Å². The van der Waals surface area contributed by atoms with Crippen LogP contribution in [0.3, 0.4) is 0 Å². The molecule has 0 fully saturated rings. The molecule has 0 aliphatic heterocycles. The first kappa shape index (κ1) is 11.7. The van der Waals surface area contributed by atoms with E-state index in [0.29, 0.717) is 6.42 Å². The van der Waals surface area contributed by atoms with Crippen molar-refractivity contribution in [2.75, 3.05) is 6.61 Å². The van der Waals surface area contributed by atoms with Gasteiger partial charge in [-0.2, -0.15) is 0 Å². The van der Waals surface area contributed by atoms with Crippen LogP contribution in [0.1, 0.15) is 13.3 Å². The Morgan fingerprint density at radius 2 is 2.25 bits per heavy atom. The van der Waals surface area contributed by atoms with Crippen molar-refractivity contribution in [2.45, 2.75) is 13.3 Å². The quantitative estimate of drug-likeness (QED) is 0.301. The molecule has 42 valence electrons. The van der Waals surface area contributed by atoms with E-state index in [1.54, 1.807) is 0 Å². The van der Waals surface area contributed by atoms with Crippen molar-refractivity contribution in [1.29, 1.82) is 0 Å². The van der Waals surface area contributed by atoms with Crippen molar-refractivity contribution in [3.63, 3.8) is 0 Å². The Balaban J connectivity index is 0. The zero-order valence-electron chi connectivity index (χ0n) is 5.14. The number of ether oxygens (including phenoxy) is 1. The first-order valence-electron chi connectivity index (χ1n) is 2.11. The molecule has 0 radical (unpaired) electrons. The van der Waals surface area contributed by atoms with Crippen LogP contribution in [-0.2, 0) is 4.74 Å². The van der Waals surface area contributed by atoms with Gasteiger partial charge in [0.1, 0.15) is 0 Å². The summed E-state index contributed by atoms with van der Waals surface area (Å²) in [5.41, 5.74) is 0. The van der Waals surface area contributed by atoms with Gasteiger partial charge in [0.2, 0.25) is 0 Å². The van der Waals surface area contributed by atoms with E-state index >= 15 is 0 Å². The van der Waals surface area contributed by atoms with Crippen molar-refractivity contribution in [1.82, 2.24) is 0 Å². The number of carbonyl (C=O) groups is 1. The average molecular weight is 142 g/mol. The summed E-state index contributed by atoms with van der Waals surface area (Å²) in [4.78, 5) is 9.42. The monoisotopic (exact) mass is 142 g/mol. The van der Waals surface area contributed by atoms with Crippen LogP contribution >= 0.6 is 0 Å². The Hall–Kier alpha value is 0.906. The summed E-state index contributed by atoms with van der Waals surface area (Å²) in [6.07, 6.45) is -0.740. The largest absolute Gasteiger partial charge is 1.00 e. The minimum atomic E-state index is -1.44. The normalized spacial score (nSPS) is 7.12. The van der Waals surface area contributed by atoms with Crippen LogP contribution in [-0.4, -0.2) is 12.8 Å². The van der Waals surface area contributed by atoms with Crippen LogP contribution in [0.5, 0.6) is 0 Å². The van der Waals surface area contributed by atoms with Crippen molar-refractivity contribution in [2.24, 2.45) is 0 Å². The summed E-state index contributed by atoms with van der Waals surface area (Å²) in [5.74, 6) is 0. The van der Waals surface area contributed by atoms with Gasteiger partial charge >= 0.3 is 51.4 Å². The summed E-state index contributed by atoms with van der Waals surface area (Å²) in [6, 6.07) is 0. The van der Waals surface area contributed by atoms with Gasteiger partial charge in [-0.3, -0.25) is 0 Å². The van der Waals surface area contributed by atoms with Gasteiger partial charge in [-0.15, -0.1) is 0 Å². The second-order valence-corrected chi connectivity index (χ2v) is 1.10. The van der Waals surface area contributed by atoms with Gasteiger partial charge in [-0.1, -0.05) is 6.92 Å². The Morgan fingerprint density at radius 3 is 2.38 bits per heavy atom. The van der Waals surface area contributed by atoms with Gasteiger partial charge in [0.25, 0.3) is 6.16 Å². The van der Waals surface area contributed by atoms with Crippen LogP contribution in [0, 0.1) is 0 Å². The molecule has 8 heavy (non-hydrogen) atoms. The van der Waals surface area contributed by atoms with E-state index in [-0.39, 0.29) is 58.0 Å². The summed E-state index contributed by atoms with van der Waals surface area (Å²) in [6.45, 7) is 2.06. The zero-order valence-corrected chi connectivity index (χ0v) is 8.26. The first-order chi connectivity index (χ1) is 3.27. The average Bonchev–Trinajstić information content (AvgIpc) is 1.61. The van der Waals surface area contributed by atoms with Gasteiger partial charge in [-0.25, -0.2) is 0 Å². The third kappa shape index (κ3) is 10.0. The number of rotatable bonds is 2. The predicted molar refractivity (Wildman–Crippen MR) is 21.6 cm³/mol. The van der Waals surface area contributed by atoms with Crippen molar-refractivity contribution in [3.05, 3.63) is 0 Å². The minimum Gasteiger partial charge on any atom is -0.550 e. The van der Waals surface area contributed by atoms with E-state index < -0.39 is 6.16 Å². The predicted octanol–water partition coefficient (Wildman–Crippen LogP) is -3.24. The number of carbonyl (C=O) groups excluding carboxylic acids is 1. The molecule has 0 aliphatic carbocycles. The standard InChI is InChI=1S/C4H8O3.K/c1-2-3-7-4(5)6;/h2-3H2,1H3,(H,5,6);/q;+1/p-1. The zero-order chi connectivity index (χ0) is 5.70. The third-order valence-electron chi connectivity index (χ3n) is 0.424. The van der Waals surface area contributed by atoms with E-state index in [4.69, 9.17) is 0 Å². The van der Waals surface area contributed by atoms with E-state index in [9.17, 15) is 9.90 Å². The Morgan fingerprint density at radius 1 is 1.75 bits per heavy atom. The molecular formula is C4H7KO3. The fraction of sp³-hybridized carbons (Fsp3) is 0.750. The molecule has 0 aromatic rings. The summed E-state index contributed by atoms with van der Waals surface area (Å²) in [5, 5.41) is 9.42. The number of hydrogen-bond acceptors (Lipinski definition) is 3. The third-order valence-corrected chi connectivity index (χ3v) is 0.424. The maximum atomic E-state index is 9.42. The summed E-state index contributed by atoms with van der Waals surface area (Å²) >= 11 is 0. The molecule has 0 spiro atoms. The Kier molecular flexibility index (Phi) is 11.5. The van der Waals surface area contributed by atoms with Gasteiger partial charge in [0.05, 0.1) is 0 Å². The van der Waals surface area contributed by atoms with Crippen molar-refractivity contribution < 1.29 is 66.0 Å². The van der Waals surface area contributed by atoms with Gasteiger partial charge in [-0.05, 0) is 6.42 Å². The van der Waals surface area contributed by atoms with Crippen LogP contribution in [0.25, 0.3) is 0 Å². The van der Waals surface area contributed by atoms with Crippen LogP contribution in [0.4, 0.5) is 4.79 Å². The molecule has 0 bridgehead atoms. The molecular weight excluding hydrogens is 135 g/mol. The summed E-state index contributed by atoms with van der Waals surface area (Å²) < 4.78 is 4.00. The molecule has 0 N–H and O–H groups in total. The molecule has 0 aromatic carbocycles. The minimum absolute atomic E-state index is 0. The van der Waals surface area contributed by atoms with Crippen molar-refractivity contribution >= 4 is 6.16 Å². The van der Waals surface area contributed by atoms with E-state index in [1.807, 2.05) is 6.92 Å².